The Morgan fingerprint density at radius 1 is 1.16 bits per heavy atom. The van der Waals surface area contributed by atoms with E-state index < -0.39 is 38.1 Å². The molecule has 0 atom stereocenters. The SMILES string of the molecule is CCOS(=O)(=O)c1cc(C(=O)O)cc(C(=O)O)c1.[H-].[Na+]. The van der Waals surface area contributed by atoms with Gasteiger partial charge in [0.05, 0.1) is 22.6 Å². The first kappa shape index (κ1) is 18.1. The Kier molecular flexibility index (Phi) is 6.67. The molecule has 0 spiro atoms. The van der Waals surface area contributed by atoms with Gasteiger partial charge in [0.1, 0.15) is 0 Å². The van der Waals surface area contributed by atoms with Crippen LogP contribution in [0.1, 0.15) is 29.1 Å². The maximum Gasteiger partial charge on any atom is 1.00 e. The summed E-state index contributed by atoms with van der Waals surface area (Å²) >= 11 is 0. The number of carbonyl (C=O) groups is 2. The van der Waals surface area contributed by atoms with Gasteiger partial charge in [0.15, 0.2) is 0 Å². The number of aromatic carboxylic acids is 2. The van der Waals surface area contributed by atoms with Gasteiger partial charge in [-0.3, -0.25) is 4.18 Å². The van der Waals surface area contributed by atoms with Gasteiger partial charge in [0, 0.05) is 0 Å². The van der Waals surface area contributed by atoms with Crippen LogP contribution in [0.3, 0.4) is 0 Å². The zero-order valence-electron chi connectivity index (χ0n) is 11.3. The van der Waals surface area contributed by atoms with Crippen LogP contribution in [-0.4, -0.2) is 37.2 Å². The summed E-state index contributed by atoms with van der Waals surface area (Å²) in [5, 5.41) is 17.6. The second kappa shape index (κ2) is 7.01. The summed E-state index contributed by atoms with van der Waals surface area (Å²) in [5.74, 6) is -2.85. The summed E-state index contributed by atoms with van der Waals surface area (Å²) in [7, 11) is -4.15. The summed E-state index contributed by atoms with van der Waals surface area (Å²) in [6.45, 7) is 1.30. The minimum absolute atomic E-state index is 0. The van der Waals surface area contributed by atoms with E-state index in [9.17, 15) is 18.0 Å². The summed E-state index contributed by atoms with van der Waals surface area (Å²) in [6, 6.07) is 2.56. The molecule has 9 heteroatoms. The molecule has 0 aliphatic rings. The number of hydrogen-bond acceptors (Lipinski definition) is 5. The van der Waals surface area contributed by atoms with Crippen LogP contribution in [0.2, 0.25) is 0 Å². The van der Waals surface area contributed by atoms with Crippen molar-refractivity contribution in [2.45, 2.75) is 11.8 Å². The number of benzene rings is 1. The van der Waals surface area contributed by atoms with Crippen LogP contribution in [0.15, 0.2) is 23.1 Å². The fourth-order valence-electron chi connectivity index (χ4n) is 1.21. The molecule has 0 saturated heterocycles. The van der Waals surface area contributed by atoms with Crippen molar-refractivity contribution in [3.8, 4) is 0 Å². The average molecular weight is 298 g/mol. The summed E-state index contributed by atoms with van der Waals surface area (Å²) in [4.78, 5) is 21.1. The molecule has 0 unspecified atom stereocenters. The monoisotopic (exact) mass is 298 g/mol. The van der Waals surface area contributed by atoms with E-state index in [0.717, 1.165) is 18.2 Å². The Bertz CT molecular complexity index is 567. The van der Waals surface area contributed by atoms with Gasteiger partial charge in [0.2, 0.25) is 0 Å². The van der Waals surface area contributed by atoms with Crippen molar-refractivity contribution in [3.05, 3.63) is 29.3 Å². The molecule has 0 aliphatic carbocycles. The van der Waals surface area contributed by atoms with Gasteiger partial charge >= 0.3 is 41.5 Å². The molecule has 100 valence electrons. The Morgan fingerprint density at radius 2 is 1.58 bits per heavy atom. The molecular formula is C10H11NaO7S. The second-order valence-electron chi connectivity index (χ2n) is 3.22. The molecular weight excluding hydrogens is 287 g/mol. The third-order valence-corrected chi connectivity index (χ3v) is 3.32. The quantitative estimate of drug-likeness (QED) is 0.473. The zero-order valence-corrected chi connectivity index (χ0v) is 13.1. The van der Waals surface area contributed by atoms with Crippen LogP contribution >= 0.6 is 0 Å². The number of rotatable bonds is 5. The fraction of sp³-hybridized carbons (Fsp3) is 0.200. The third-order valence-electron chi connectivity index (χ3n) is 1.96. The summed E-state index contributed by atoms with van der Waals surface area (Å²) < 4.78 is 27.6. The van der Waals surface area contributed by atoms with E-state index in [0.29, 0.717) is 0 Å². The first-order valence-corrected chi connectivity index (χ1v) is 6.20. The molecule has 0 bridgehead atoms. The molecule has 7 nitrogen and oxygen atoms in total. The van der Waals surface area contributed by atoms with Gasteiger partial charge < -0.3 is 11.6 Å². The van der Waals surface area contributed by atoms with Crippen molar-refractivity contribution >= 4 is 22.1 Å². The van der Waals surface area contributed by atoms with Gasteiger partial charge in [-0.25, -0.2) is 9.59 Å². The Morgan fingerprint density at radius 3 is 1.89 bits per heavy atom. The minimum atomic E-state index is -4.15. The normalized spacial score (nSPS) is 10.6. The molecule has 19 heavy (non-hydrogen) atoms. The zero-order chi connectivity index (χ0) is 13.9. The number of carboxylic acids is 2. The van der Waals surface area contributed by atoms with Crippen molar-refractivity contribution in [1.29, 1.82) is 0 Å². The smallest absolute Gasteiger partial charge is 1.00 e. The van der Waals surface area contributed by atoms with Gasteiger partial charge in [-0.1, -0.05) is 0 Å². The van der Waals surface area contributed by atoms with Crippen molar-refractivity contribution in [3.63, 3.8) is 0 Å². The van der Waals surface area contributed by atoms with Crippen molar-refractivity contribution in [1.82, 2.24) is 0 Å². The third kappa shape index (κ3) is 4.59. The van der Waals surface area contributed by atoms with Crippen LogP contribution in [0.5, 0.6) is 0 Å². The Balaban J connectivity index is 0. The maximum absolute atomic E-state index is 11.6. The van der Waals surface area contributed by atoms with Crippen LogP contribution in [-0.2, 0) is 14.3 Å². The molecule has 0 saturated carbocycles. The molecule has 0 heterocycles. The van der Waals surface area contributed by atoms with Crippen LogP contribution in [0.25, 0.3) is 0 Å². The van der Waals surface area contributed by atoms with E-state index in [2.05, 4.69) is 4.18 Å². The van der Waals surface area contributed by atoms with Gasteiger partial charge in [-0.2, -0.15) is 8.42 Å². The molecule has 0 aromatic heterocycles. The van der Waals surface area contributed by atoms with E-state index in [-0.39, 0.29) is 37.6 Å². The van der Waals surface area contributed by atoms with Crippen LogP contribution < -0.4 is 29.6 Å². The van der Waals surface area contributed by atoms with E-state index in [4.69, 9.17) is 10.2 Å². The van der Waals surface area contributed by atoms with E-state index >= 15 is 0 Å². The Labute approximate surface area is 133 Å². The van der Waals surface area contributed by atoms with Gasteiger partial charge in [-0.15, -0.1) is 0 Å². The van der Waals surface area contributed by atoms with Gasteiger partial charge in [0.25, 0.3) is 10.1 Å². The number of hydrogen-bond donors (Lipinski definition) is 2. The Hall–Kier alpha value is -0.930. The summed E-state index contributed by atoms with van der Waals surface area (Å²) in [5.41, 5.74) is -0.874. The predicted octanol–water partition coefficient (Wildman–Crippen LogP) is -2.08. The molecule has 1 aromatic carbocycles. The van der Waals surface area contributed by atoms with E-state index in [1.165, 1.54) is 6.92 Å². The molecule has 0 amide bonds. The molecule has 2 N–H and O–H groups in total. The van der Waals surface area contributed by atoms with Crippen molar-refractivity contribution in [2.24, 2.45) is 0 Å². The van der Waals surface area contributed by atoms with Crippen LogP contribution in [0.4, 0.5) is 0 Å². The van der Waals surface area contributed by atoms with E-state index in [1.807, 2.05) is 0 Å². The van der Waals surface area contributed by atoms with Gasteiger partial charge in [-0.05, 0) is 25.1 Å². The molecule has 1 rings (SSSR count). The maximum atomic E-state index is 11.6. The average Bonchev–Trinajstić information content (AvgIpc) is 2.28. The first-order valence-electron chi connectivity index (χ1n) is 4.79. The molecule has 0 radical (unpaired) electrons. The second-order valence-corrected chi connectivity index (χ2v) is 4.83. The summed E-state index contributed by atoms with van der Waals surface area (Å²) in [6.07, 6.45) is 0. The fourth-order valence-corrected chi connectivity index (χ4v) is 2.20. The van der Waals surface area contributed by atoms with E-state index in [1.54, 1.807) is 0 Å². The number of carboxylic acid groups (broad SMARTS) is 2. The standard InChI is InChI=1S/C10H10O7S.Na.H/c1-2-17-18(15,16)8-4-6(9(11)12)3-7(5-8)10(13)14;;/h3-5H,2H2,1H3,(H,11,12)(H,13,14);;/q;+1;-1. The minimum Gasteiger partial charge on any atom is -1.00 e. The largest absolute Gasteiger partial charge is 1.00 e. The first-order chi connectivity index (χ1) is 8.27. The van der Waals surface area contributed by atoms with Crippen LogP contribution in [0, 0.1) is 0 Å². The predicted molar refractivity (Wildman–Crippen MR) is 60.3 cm³/mol. The molecule has 0 fully saturated rings. The molecule has 0 aliphatic heterocycles. The molecule has 1 aromatic rings. The van der Waals surface area contributed by atoms with Crippen molar-refractivity contribution in [2.75, 3.05) is 6.61 Å². The topological polar surface area (TPSA) is 118 Å². The van der Waals surface area contributed by atoms with Crippen molar-refractivity contribution < 1.29 is 63.4 Å².